The Hall–Kier alpha value is -7.18. The van der Waals surface area contributed by atoms with Crippen molar-refractivity contribution < 1.29 is 23.9 Å². The molecule has 296 valence electrons. The monoisotopic (exact) mass is 779 g/mol. The van der Waals surface area contributed by atoms with Gasteiger partial charge in [-0.25, -0.2) is 0 Å². The molecule has 2 unspecified atom stereocenters. The maximum absolute atomic E-state index is 11.5. The summed E-state index contributed by atoms with van der Waals surface area (Å²) in [5, 5.41) is 3.26. The van der Waals surface area contributed by atoms with E-state index in [1.807, 2.05) is 103 Å². The van der Waals surface area contributed by atoms with Gasteiger partial charge in [0.05, 0.1) is 25.0 Å². The summed E-state index contributed by atoms with van der Waals surface area (Å²) in [6.45, 7) is 1.38. The minimum atomic E-state index is -0.439. The third kappa shape index (κ3) is 11.5. The van der Waals surface area contributed by atoms with E-state index < -0.39 is 5.41 Å². The van der Waals surface area contributed by atoms with Gasteiger partial charge >= 0.3 is 0 Å². The molecular formula is C53H49NO5. The van der Waals surface area contributed by atoms with Crippen LogP contribution in [0.15, 0.2) is 200 Å². The molecule has 59 heavy (non-hydrogen) atoms. The van der Waals surface area contributed by atoms with Crippen LogP contribution in [0.5, 0.6) is 5.75 Å². The lowest BCUT2D eigenvalue weighted by Crippen LogP contribution is -2.29. The lowest BCUT2D eigenvalue weighted by molar-refractivity contribution is -0.120. The van der Waals surface area contributed by atoms with Crippen molar-refractivity contribution in [1.29, 1.82) is 0 Å². The van der Waals surface area contributed by atoms with E-state index in [0.717, 1.165) is 51.8 Å². The standard InChI is InChI=1S/C21H18O.C16H15NO2.C12H10.C4H6O2/c22-17-16-21(18-10-4-1-5-11-18,19-12-6-2-7-13-19)20-14-8-3-9-15-20;1-19-12-7-8-14-13(9-12)16(15(10-18)17-14)11-5-3-2-4-6-11;1-3-7-11(8-4-1)12-9-5-2-6-10-12;1-4(6)2-3-5/h1-15,17H,16H2;2-10,15-17H,1H3;1-10H;3H,2H2,1H3. The van der Waals surface area contributed by atoms with Crippen molar-refractivity contribution >= 4 is 30.3 Å². The predicted molar refractivity (Wildman–Crippen MR) is 238 cm³/mol. The van der Waals surface area contributed by atoms with Crippen LogP contribution in [-0.4, -0.2) is 37.8 Å². The fourth-order valence-electron chi connectivity index (χ4n) is 7.20. The number of nitrogens with one attached hydrogen (secondary N) is 1. The van der Waals surface area contributed by atoms with E-state index in [1.54, 1.807) is 7.11 Å². The molecule has 1 heterocycles. The molecule has 0 aromatic heterocycles. The molecule has 7 aromatic rings. The zero-order chi connectivity index (χ0) is 41.7. The van der Waals surface area contributed by atoms with Crippen LogP contribution in [0.1, 0.15) is 53.5 Å². The molecule has 8 rings (SSSR count). The number of hydrogen-bond acceptors (Lipinski definition) is 6. The number of Topliss-reactive ketones (excluding diaryl/α,β-unsaturated/α-hetero) is 1. The number of methoxy groups -OCH3 is 1. The summed E-state index contributed by atoms with van der Waals surface area (Å²) in [6, 6.07) is 67.3. The minimum Gasteiger partial charge on any atom is -0.497 e. The average Bonchev–Trinajstić information content (AvgIpc) is 3.69. The van der Waals surface area contributed by atoms with Crippen molar-refractivity contribution in [3.63, 3.8) is 0 Å². The summed E-state index contributed by atoms with van der Waals surface area (Å²) >= 11 is 0. The summed E-state index contributed by atoms with van der Waals surface area (Å²) in [6.07, 6.45) is 3.07. The van der Waals surface area contributed by atoms with Gasteiger partial charge < -0.3 is 24.4 Å². The first kappa shape index (κ1) is 43.0. The largest absolute Gasteiger partial charge is 0.497 e. The second-order valence-electron chi connectivity index (χ2n) is 13.8. The smallest absolute Gasteiger partial charge is 0.143 e. The first-order valence-corrected chi connectivity index (χ1v) is 19.5. The lowest BCUT2D eigenvalue weighted by atomic mass is 9.67. The zero-order valence-electron chi connectivity index (χ0n) is 33.4. The van der Waals surface area contributed by atoms with Crippen LogP contribution in [0.25, 0.3) is 11.1 Å². The zero-order valence-corrected chi connectivity index (χ0v) is 33.4. The number of ether oxygens (including phenoxy) is 1. The molecule has 6 nitrogen and oxygen atoms in total. The van der Waals surface area contributed by atoms with Crippen molar-refractivity contribution in [3.8, 4) is 16.9 Å². The Bertz CT molecular complexity index is 2180. The predicted octanol–water partition coefficient (Wildman–Crippen LogP) is 10.9. The molecule has 0 spiro atoms. The van der Waals surface area contributed by atoms with Crippen LogP contribution in [0.3, 0.4) is 0 Å². The highest BCUT2D eigenvalue weighted by molar-refractivity contribution is 5.87. The normalized spacial score (nSPS) is 13.5. The van der Waals surface area contributed by atoms with Crippen LogP contribution in [0, 0.1) is 0 Å². The highest BCUT2D eigenvalue weighted by Gasteiger charge is 2.36. The first-order chi connectivity index (χ1) is 28.9. The van der Waals surface area contributed by atoms with Gasteiger partial charge in [0.1, 0.15) is 30.4 Å². The van der Waals surface area contributed by atoms with Gasteiger partial charge in [-0.15, -0.1) is 0 Å². The third-order valence-corrected chi connectivity index (χ3v) is 10.0. The van der Waals surface area contributed by atoms with Gasteiger partial charge in [0.2, 0.25) is 0 Å². The van der Waals surface area contributed by atoms with Gasteiger partial charge in [-0.1, -0.05) is 182 Å². The van der Waals surface area contributed by atoms with Crippen molar-refractivity contribution in [1.82, 2.24) is 0 Å². The Kier molecular flexibility index (Phi) is 16.4. The van der Waals surface area contributed by atoms with Crippen LogP contribution >= 0.6 is 0 Å². The first-order valence-electron chi connectivity index (χ1n) is 19.5. The lowest BCUT2D eigenvalue weighted by Gasteiger charge is -2.34. The van der Waals surface area contributed by atoms with Crippen molar-refractivity contribution in [2.45, 2.75) is 37.1 Å². The van der Waals surface area contributed by atoms with Crippen molar-refractivity contribution in [2.75, 3.05) is 12.4 Å². The van der Waals surface area contributed by atoms with Gasteiger partial charge in [-0.3, -0.25) is 4.79 Å². The van der Waals surface area contributed by atoms with Gasteiger partial charge in [0, 0.05) is 18.0 Å². The molecule has 7 aromatic carbocycles. The molecule has 6 heteroatoms. The van der Waals surface area contributed by atoms with E-state index in [4.69, 9.17) is 4.74 Å². The van der Waals surface area contributed by atoms with Crippen molar-refractivity contribution in [2.24, 2.45) is 0 Å². The minimum absolute atomic E-state index is 0.0452. The topological polar surface area (TPSA) is 89.5 Å². The Labute approximate surface area is 347 Å². The Morgan fingerprint density at radius 2 is 1.00 bits per heavy atom. The molecule has 0 saturated heterocycles. The number of carbonyl (C=O) groups excluding carboxylic acids is 4. The van der Waals surface area contributed by atoms with E-state index in [2.05, 4.69) is 102 Å². The molecule has 0 bridgehead atoms. The van der Waals surface area contributed by atoms with E-state index in [0.29, 0.717) is 12.7 Å². The number of rotatable bonds is 11. The molecule has 0 saturated carbocycles. The quantitative estimate of drug-likeness (QED) is 0.0799. The fraction of sp³-hybridized carbons (Fsp3) is 0.132. The van der Waals surface area contributed by atoms with Crippen LogP contribution in [-0.2, 0) is 24.6 Å². The highest BCUT2D eigenvalue weighted by Crippen LogP contribution is 2.42. The van der Waals surface area contributed by atoms with Gasteiger partial charge in [0.25, 0.3) is 0 Å². The summed E-state index contributed by atoms with van der Waals surface area (Å²) in [5.74, 6) is 0.779. The number of carbonyl (C=O) groups is 4. The van der Waals surface area contributed by atoms with E-state index in [-0.39, 0.29) is 24.2 Å². The second-order valence-corrected chi connectivity index (χ2v) is 13.8. The maximum atomic E-state index is 11.5. The van der Waals surface area contributed by atoms with E-state index >= 15 is 0 Å². The van der Waals surface area contributed by atoms with Gasteiger partial charge in [-0.05, 0) is 64.1 Å². The van der Waals surface area contributed by atoms with E-state index in [9.17, 15) is 19.2 Å². The summed E-state index contributed by atoms with van der Waals surface area (Å²) in [5.41, 5.74) is 8.79. The van der Waals surface area contributed by atoms with Gasteiger partial charge in [-0.2, -0.15) is 0 Å². The van der Waals surface area contributed by atoms with E-state index in [1.165, 1.54) is 18.1 Å². The Morgan fingerprint density at radius 3 is 1.36 bits per heavy atom. The number of anilines is 1. The number of hydrogen-bond donors (Lipinski definition) is 1. The molecule has 1 aliphatic rings. The van der Waals surface area contributed by atoms with Crippen LogP contribution in [0.4, 0.5) is 5.69 Å². The Morgan fingerprint density at radius 1 is 0.576 bits per heavy atom. The molecule has 0 amide bonds. The highest BCUT2D eigenvalue weighted by atomic mass is 16.5. The number of benzene rings is 7. The average molecular weight is 780 g/mol. The molecule has 2 atom stereocenters. The molecule has 1 aliphatic heterocycles. The SMILES string of the molecule is CC(=O)CC=O.COc1ccc2c(c1)C(c1ccccc1)C(C=O)N2.O=CCC(c1ccccc1)(c1ccccc1)c1ccccc1.c1ccc(-c2ccccc2)cc1. The summed E-state index contributed by atoms with van der Waals surface area (Å²) < 4.78 is 5.28. The molecular weight excluding hydrogens is 731 g/mol. The number of ketones is 1. The molecule has 0 aliphatic carbocycles. The van der Waals surface area contributed by atoms with Crippen LogP contribution in [0.2, 0.25) is 0 Å². The number of aldehydes is 3. The van der Waals surface area contributed by atoms with Gasteiger partial charge in [0.15, 0.2) is 0 Å². The van der Waals surface area contributed by atoms with Crippen LogP contribution < -0.4 is 10.1 Å². The third-order valence-electron chi connectivity index (χ3n) is 10.0. The second kappa shape index (κ2) is 22.5. The fourth-order valence-corrected chi connectivity index (χ4v) is 7.20. The Balaban J connectivity index is 0.000000162. The molecule has 0 radical (unpaired) electrons. The van der Waals surface area contributed by atoms with Crippen molar-refractivity contribution in [3.05, 3.63) is 228 Å². The summed E-state index contributed by atoms with van der Waals surface area (Å²) in [4.78, 5) is 42.1. The molecule has 0 fully saturated rings. The summed E-state index contributed by atoms with van der Waals surface area (Å²) in [7, 11) is 1.65. The maximum Gasteiger partial charge on any atom is 0.143 e. The number of fused-ring (bicyclic) bond motifs is 1. The molecule has 1 N–H and O–H groups in total.